The first-order chi connectivity index (χ1) is 9.45. The molecule has 0 saturated heterocycles. The van der Waals surface area contributed by atoms with E-state index >= 15 is 0 Å². The summed E-state index contributed by atoms with van der Waals surface area (Å²) in [6, 6.07) is 6.87. The smallest absolute Gasteiger partial charge is 0.308 e. The van der Waals surface area contributed by atoms with Crippen LogP contribution in [0.25, 0.3) is 0 Å². The van der Waals surface area contributed by atoms with Crippen molar-refractivity contribution in [3.05, 3.63) is 29.8 Å². The molecule has 0 aliphatic heterocycles. The average Bonchev–Trinajstić information content (AvgIpc) is 2.44. The number of carbonyl (C=O) groups is 2. The van der Waals surface area contributed by atoms with Gasteiger partial charge in [-0.2, -0.15) is 0 Å². The van der Waals surface area contributed by atoms with Gasteiger partial charge >= 0.3 is 5.97 Å². The first-order valence-electron chi connectivity index (χ1n) is 6.66. The fourth-order valence-corrected chi connectivity index (χ4v) is 1.71. The quantitative estimate of drug-likeness (QED) is 0.831. The Morgan fingerprint density at radius 1 is 1.30 bits per heavy atom. The van der Waals surface area contributed by atoms with Gasteiger partial charge in [0.15, 0.2) is 0 Å². The minimum Gasteiger partial charge on any atom is -0.494 e. The van der Waals surface area contributed by atoms with E-state index < -0.39 is 11.9 Å². The van der Waals surface area contributed by atoms with E-state index in [0.29, 0.717) is 12.2 Å². The first kappa shape index (κ1) is 16.0. The van der Waals surface area contributed by atoms with Gasteiger partial charge in [0.25, 0.3) is 5.91 Å². The van der Waals surface area contributed by atoms with Crippen LogP contribution in [0, 0.1) is 5.92 Å². The minimum absolute atomic E-state index is 0.183. The molecule has 110 valence electrons. The SMILES string of the molecule is CCCOc1ccc(C(=O)N(C)CC(C)C(=O)O)cc1. The molecule has 1 N–H and O–H groups in total. The van der Waals surface area contributed by atoms with E-state index in [0.717, 1.165) is 12.2 Å². The number of aliphatic carboxylic acids is 1. The van der Waals surface area contributed by atoms with Crippen molar-refractivity contribution in [2.75, 3.05) is 20.2 Å². The molecule has 0 saturated carbocycles. The third-order valence-corrected chi connectivity index (χ3v) is 2.89. The highest BCUT2D eigenvalue weighted by atomic mass is 16.5. The summed E-state index contributed by atoms with van der Waals surface area (Å²) in [5.41, 5.74) is 0.522. The highest BCUT2D eigenvalue weighted by molar-refractivity contribution is 5.94. The molecule has 0 aromatic heterocycles. The topological polar surface area (TPSA) is 66.8 Å². The van der Waals surface area contributed by atoms with Gasteiger partial charge in [-0.1, -0.05) is 13.8 Å². The molecule has 0 aliphatic rings. The second-order valence-corrected chi connectivity index (χ2v) is 4.80. The van der Waals surface area contributed by atoms with Crippen LogP contribution in [0.15, 0.2) is 24.3 Å². The standard InChI is InChI=1S/C15H21NO4/c1-4-9-20-13-7-5-12(6-8-13)14(17)16(3)10-11(2)15(18)19/h5-8,11H,4,9-10H2,1-3H3,(H,18,19). The number of hydrogen-bond donors (Lipinski definition) is 1. The lowest BCUT2D eigenvalue weighted by atomic mass is 10.1. The Balaban J connectivity index is 2.64. The van der Waals surface area contributed by atoms with E-state index in [9.17, 15) is 9.59 Å². The van der Waals surface area contributed by atoms with E-state index in [1.807, 2.05) is 6.92 Å². The van der Waals surface area contributed by atoms with Crippen molar-refractivity contribution >= 4 is 11.9 Å². The summed E-state index contributed by atoms with van der Waals surface area (Å²) in [5.74, 6) is -0.964. The maximum Gasteiger partial charge on any atom is 0.308 e. The number of rotatable bonds is 7. The van der Waals surface area contributed by atoms with E-state index in [1.54, 1.807) is 38.2 Å². The van der Waals surface area contributed by atoms with Gasteiger partial charge in [0, 0.05) is 19.2 Å². The summed E-state index contributed by atoms with van der Waals surface area (Å²) < 4.78 is 5.44. The molecule has 1 rings (SSSR count). The maximum atomic E-state index is 12.1. The summed E-state index contributed by atoms with van der Waals surface area (Å²) in [6.45, 7) is 4.43. The van der Waals surface area contributed by atoms with Crippen molar-refractivity contribution in [3.63, 3.8) is 0 Å². The largest absolute Gasteiger partial charge is 0.494 e. The van der Waals surface area contributed by atoms with Crippen LogP contribution in [-0.2, 0) is 4.79 Å². The molecule has 1 atom stereocenters. The Hall–Kier alpha value is -2.04. The molecule has 0 radical (unpaired) electrons. The Kier molecular flexibility index (Phi) is 6.03. The van der Waals surface area contributed by atoms with Crippen LogP contribution in [0.3, 0.4) is 0 Å². The number of carbonyl (C=O) groups excluding carboxylic acids is 1. The summed E-state index contributed by atoms with van der Waals surface area (Å²) in [7, 11) is 1.60. The molecule has 1 unspecified atom stereocenters. The van der Waals surface area contributed by atoms with Crippen LogP contribution in [0.5, 0.6) is 5.75 Å². The lowest BCUT2D eigenvalue weighted by Gasteiger charge is -2.19. The number of carboxylic acids is 1. The molecular weight excluding hydrogens is 258 g/mol. The Bertz CT molecular complexity index is 455. The van der Waals surface area contributed by atoms with Gasteiger partial charge in [-0.25, -0.2) is 0 Å². The maximum absolute atomic E-state index is 12.1. The molecule has 5 heteroatoms. The monoisotopic (exact) mass is 279 g/mol. The molecule has 0 aliphatic carbocycles. The molecular formula is C15H21NO4. The highest BCUT2D eigenvalue weighted by Crippen LogP contribution is 2.14. The number of amides is 1. The molecule has 0 bridgehead atoms. The van der Waals surface area contributed by atoms with Crippen molar-refractivity contribution in [2.45, 2.75) is 20.3 Å². The summed E-state index contributed by atoms with van der Waals surface area (Å²) in [5, 5.41) is 8.85. The van der Waals surface area contributed by atoms with E-state index in [1.165, 1.54) is 4.90 Å². The molecule has 0 spiro atoms. The predicted molar refractivity (Wildman–Crippen MR) is 76.0 cm³/mol. The second-order valence-electron chi connectivity index (χ2n) is 4.80. The van der Waals surface area contributed by atoms with Crippen molar-refractivity contribution in [1.29, 1.82) is 0 Å². The van der Waals surface area contributed by atoms with Crippen LogP contribution in [0.4, 0.5) is 0 Å². The molecule has 1 aromatic rings. The number of carboxylic acid groups (broad SMARTS) is 1. The molecule has 1 aromatic carbocycles. The van der Waals surface area contributed by atoms with Crippen LogP contribution < -0.4 is 4.74 Å². The molecule has 5 nitrogen and oxygen atoms in total. The average molecular weight is 279 g/mol. The van der Waals surface area contributed by atoms with E-state index in [-0.39, 0.29) is 12.5 Å². The lowest BCUT2D eigenvalue weighted by Crippen LogP contribution is -2.33. The number of ether oxygens (including phenoxy) is 1. The first-order valence-corrected chi connectivity index (χ1v) is 6.66. The molecule has 20 heavy (non-hydrogen) atoms. The zero-order valence-corrected chi connectivity index (χ0v) is 12.1. The third kappa shape index (κ3) is 4.57. The summed E-state index contributed by atoms with van der Waals surface area (Å²) in [6.07, 6.45) is 0.927. The second kappa shape index (κ2) is 7.53. The lowest BCUT2D eigenvalue weighted by molar-refractivity contribution is -0.141. The zero-order chi connectivity index (χ0) is 15.1. The normalized spacial score (nSPS) is 11.8. The van der Waals surface area contributed by atoms with E-state index in [4.69, 9.17) is 9.84 Å². The minimum atomic E-state index is -0.909. The van der Waals surface area contributed by atoms with Crippen LogP contribution >= 0.6 is 0 Å². The molecule has 1 amide bonds. The van der Waals surface area contributed by atoms with E-state index in [2.05, 4.69) is 0 Å². The fraction of sp³-hybridized carbons (Fsp3) is 0.467. The number of benzene rings is 1. The van der Waals surface area contributed by atoms with Gasteiger partial charge in [0.05, 0.1) is 12.5 Å². The number of nitrogens with zero attached hydrogens (tertiary/aromatic N) is 1. The van der Waals surface area contributed by atoms with Crippen molar-refractivity contribution < 1.29 is 19.4 Å². The Morgan fingerprint density at radius 2 is 1.90 bits per heavy atom. The van der Waals surface area contributed by atoms with Gasteiger partial charge in [0.1, 0.15) is 5.75 Å². The van der Waals surface area contributed by atoms with Gasteiger partial charge in [0.2, 0.25) is 0 Å². The van der Waals surface area contributed by atoms with Gasteiger partial charge in [-0.15, -0.1) is 0 Å². The van der Waals surface area contributed by atoms with Gasteiger partial charge < -0.3 is 14.7 Å². The van der Waals surface area contributed by atoms with Gasteiger partial charge in [-0.05, 0) is 30.7 Å². The van der Waals surface area contributed by atoms with Crippen molar-refractivity contribution in [2.24, 2.45) is 5.92 Å². The number of hydrogen-bond acceptors (Lipinski definition) is 3. The van der Waals surface area contributed by atoms with Crippen molar-refractivity contribution in [3.8, 4) is 5.75 Å². The molecule has 0 fully saturated rings. The van der Waals surface area contributed by atoms with Crippen LogP contribution in [-0.4, -0.2) is 42.1 Å². The van der Waals surface area contributed by atoms with Gasteiger partial charge in [-0.3, -0.25) is 9.59 Å². The Labute approximate surface area is 119 Å². The summed E-state index contributed by atoms with van der Waals surface area (Å²) >= 11 is 0. The van der Waals surface area contributed by atoms with Crippen LogP contribution in [0.1, 0.15) is 30.6 Å². The summed E-state index contributed by atoms with van der Waals surface area (Å²) in [4.78, 5) is 24.3. The third-order valence-electron chi connectivity index (χ3n) is 2.89. The predicted octanol–water partition coefficient (Wildman–Crippen LogP) is 2.27. The Morgan fingerprint density at radius 3 is 2.40 bits per heavy atom. The fourth-order valence-electron chi connectivity index (χ4n) is 1.71. The molecule has 0 heterocycles. The zero-order valence-electron chi connectivity index (χ0n) is 12.1. The van der Waals surface area contributed by atoms with Crippen LogP contribution in [0.2, 0.25) is 0 Å². The van der Waals surface area contributed by atoms with Crippen molar-refractivity contribution in [1.82, 2.24) is 4.90 Å². The highest BCUT2D eigenvalue weighted by Gasteiger charge is 2.18.